The van der Waals surface area contributed by atoms with Crippen molar-refractivity contribution in [3.63, 3.8) is 0 Å². The lowest BCUT2D eigenvalue weighted by Crippen LogP contribution is -2.47. The fraction of sp³-hybridized carbons (Fsp3) is 0.533. The molecule has 0 unspecified atom stereocenters. The number of rotatable bonds is 4. The fourth-order valence-electron chi connectivity index (χ4n) is 2.52. The topological polar surface area (TPSA) is 63.2 Å². The summed E-state index contributed by atoms with van der Waals surface area (Å²) in [5.41, 5.74) is 1.72. The van der Waals surface area contributed by atoms with Crippen LogP contribution in [0.15, 0.2) is 24.3 Å². The maximum atomic E-state index is 11.9. The summed E-state index contributed by atoms with van der Waals surface area (Å²) in [7, 11) is -2.99. The quantitative estimate of drug-likeness (QED) is 0.918. The summed E-state index contributed by atoms with van der Waals surface area (Å²) >= 11 is 0. The molecule has 0 aliphatic carbocycles. The van der Waals surface area contributed by atoms with Gasteiger partial charge in [-0.3, -0.25) is 4.79 Å². The van der Waals surface area contributed by atoms with Gasteiger partial charge in [0.2, 0.25) is 5.91 Å². The Hall–Kier alpha value is -1.36. The average molecular weight is 295 g/mol. The van der Waals surface area contributed by atoms with E-state index in [1.807, 2.05) is 31.2 Å². The molecule has 1 aromatic rings. The van der Waals surface area contributed by atoms with Crippen molar-refractivity contribution in [3.8, 4) is 0 Å². The highest BCUT2D eigenvalue weighted by Crippen LogP contribution is 2.23. The van der Waals surface area contributed by atoms with Gasteiger partial charge in [-0.1, -0.05) is 29.8 Å². The molecule has 0 saturated carbocycles. The maximum Gasteiger partial charge on any atom is 0.220 e. The molecule has 5 heteroatoms. The van der Waals surface area contributed by atoms with E-state index < -0.39 is 15.4 Å². The van der Waals surface area contributed by atoms with E-state index in [9.17, 15) is 13.2 Å². The Morgan fingerprint density at radius 3 is 2.50 bits per heavy atom. The van der Waals surface area contributed by atoms with E-state index in [1.54, 1.807) is 6.92 Å². The van der Waals surface area contributed by atoms with Crippen molar-refractivity contribution < 1.29 is 13.2 Å². The number of sulfone groups is 1. The highest BCUT2D eigenvalue weighted by molar-refractivity contribution is 7.91. The minimum absolute atomic E-state index is 0.0519. The standard InChI is InChI=1S/C15H21NO3S/c1-12-3-5-13(6-4-12)7-8-14(17)16-15(2)9-10-20(18,19)11-15/h3-6H,7-11H2,1-2H3,(H,16,17)/t15-/m1/s1. The summed E-state index contributed by atoms with van der Waals surface area (Å²) in [6, 6.07) is 8.09. The van der Waals surface area contributed by atoms with E-state index in [0.29, 0.717) is 19.3 Å². The molecule has 1 heterocycles. The molecular weight excluding hydrogens is 274 g/mol. The van der Waals surface area contributed by atoms with Crippen LogP contribution in [0.5, 0.6) is 0 Å². The summed E-state index contributed by atoms with van der Waals surface area (Å²) in [4.78, 5) is 11.9. The van der Waals surface area contributed by atoms with Crippen molar-refractivity contribution in [3.05, 3.63) is 35.4 Å². The van der Waals surface area contributed by atoms with Gasteiger partial charge in [-0.2, -0.15) is 0 Å². The molecule has 4 nitrogen and oxygen atoms in total. The van der Waals surface area contributed by atoms with Crippen LogP contribution >= 0.6 is 0 Å². The first kappa shape index (κ1) is 15.0. The second-order valence-electron chi connectivity index (χ2n) is 5.94. The molecule has 1 fully saturated rings. The zero-order valence-corrected chi connectivity index (χ0v) is 12.8. The van der Waals surface area contributed by atoms with Gasteiger partial charge in [0.15, 0.2) is 9.84 Å². The second kappa shape index (κ2) is 5.56. The Morgan fingerprint density at radius 2 is 1.95 bits per heavy atom. The average Bonchev–Trinajstić information content (AvgIpc) is 2.62. The van der Waals surface area contributed by atoms with Gasteiger partial charge in [0.05, 0.1) is 17.0 Å². The first-order valence-electron chi connectivity index (χ1n) is 6.85. The van der Waals surface area contributed by atoms with Crippen LogP contribution in [0.25, 0.3) is 0 Å². The summed E-state index contributed by atoms with van der Waals surface area (Å²) < 4.78 is 23.0. The Morgan fingerprint density at radius 1 is 1.30 bits per heavy atom. The molecule has 1 aliphatic rings. The number of carbonyl (C=O) groups excluding carboxylic acids is 1. The van der Waals surface area contributed by atoms with E-state index in [1.165, 1.54) is 5.56 Å². The van der Waals surface area contributed by atoms with Crippen LogP contribution in [0, 0.1) is 6.92 Å². The molecule has 1 saturated heterocycles. The third-order valence-corrected chi connectivity index (χ3v) is 5.61. The number of hydrogen-bond acceptors (Lipinski definition) is 3. The molecule has 2 rings (SSSR count). The highest BCUT2D eigenvalue weighted by Gasteiger charge is 2.39. The van der Waals surface area contributed by atoms with Gasteiger partial charge in [-0.25, -0.2) is 8.42 Å². The van der Waals surface area contributed by atoms with Crippen molar-refractivity contribution in [2.45, 2.75) is 38.6 Å². The fourth-order valence-corrected chi connectivity index (χ4v) is 4.61. The maximum absolute atomic E-state index is 11.9. The number of aryl methyl sites for hydroxylation is 2. The van der Waals surface area contributed by atoms with Gasteiger partial charge in [-0.05, 0) is 32.3 Å². The molecule has 1 aromatic carbocycles. The van der Waals surface area contributed by atoms with Crippen molar-refractivity contribution in [1.82, 2.24) is 5.32 Å². The SMILES string of the molecule is Cc1ccc(CCC(=O)N[C@]2(C)CCS(=O)(=O)C2)cc1. The monoisotopic (exact) mass is 295 g/mol. The van der Waals surface area contributed by atoms with Gasteiger partial charge < -0.3 is 5.32 Å². The molecule has 110 valence electrons. The minimum atomic E-state index is -2.99. The van der Waals surface area contributed by atoms with Crippen LogP contribution in [-0.2, 0) is 21.1 Å². The Bertz CT molecular complexity index is 592. The second-order valence-corrected chi connectivity index (χ2v) is 8.12. The molecule has 1 amide bonds. The van der Waals surface area contributed by atoms with E-state index in [2.05, 4.69) is 5.32 Å². The molecular formula is C15H21NO3S. The lowest BCUT2D eigenvalue weighted by atomic mass is 10.0. The van der Waals surface area contributed by atoms with E-state index in [0.717, 1.165) is 5.56 Å². The predicted molar refractivity (Wildman–Crippen MR) is 79.3 cm³/mol. The van der Waals surface area contributed by atoms with E-state index in [4.69, 9.17) is 0 Å². The van der Waals surface area contributed by atoms with Crippen molar-refractivity contribution in [2.75, 3.05) is 11.5 Å². The number of amides is 1. The van der Waals surface area contributed by atoms with Crippen molar-refractivity contribution >= 4 is 15.7 Å². The van der Waals surface area contributed by atoms with Gasteiger partial charge in [0, 0.05) is 6.42 Å². The van der Waals surface area contributed by atoms with E-state index in [-0.39, 0.29) is 17.4 Å². The van der Waals surface area contributed by atoms with Gasteiger partial charge in [0.25, 0.3) is 0 Å². The van der Waals surface area contributed by atoms with Crippen LogP contribution in [-0.4, -0.2) is 31.4 Å². The first-order chi connectivity index (χ1) is 9.28. The largest absolute Gasteiger partial charge is 0.350 e. The van der Waals surface area contributed by atoms with Gasteiger partial charge in [-0.15, -0.1) is 0 Å². The zero-order chi connectivity index (χ0) is 14.8. The molecule has 0 radical (unpaired) electrons. The molecule has 1 atom stereocenters. The zero-order valence-electron chi connectivity index (χ0n) is 12.0. The summed E-state index contributed by atoms with van der Waals surface area (Å²) in [6.45, 7) is 3.83. The van der Waals surface area contributed by atoms with Crippen LogP contribution in [0.4, 0.5) is 0 Å². The van der Waals surface area contributed by atoms with Crippen molar-refractivity contribution in [1.29, 1.82) is 0 Å². The Labute approximate surface area is 120 Å². The van der Waals surface area contributed by atoms with Crippen molar-refractivity contribution in [2.24, 2.45) is 0 Å². The molecule has 0 aromatic heterocycles. The normalized spacial score (nSPS) is 24.5. The third-order valence-electron chi connectivity index (χ3n) is 3.71. The minimum Gasteiger partial charge on any atom is -0.350 e. The number of hydrogen-bond donors (Lipinski definition) is 1. The Kier molecular flexibility index (Phi) is 4.18. The highest BCUT2D eigenvalue weighted by atomic mass is 32.2. The van der Waals surface area contributed by atoms with Crippen LogP contribution in [0.1, 0.15) is 30.9 Å². The summed E-state index contributed by atoms with van der Waals surface area (Å²) in [6.07, 6.45) is 1.57. The smallest absolute Gasteiger partial charge is 0.220 e. The lowest BCUT2D eigenvalue weighted by molar-refractivity contribution is -0.122. The predicted octanol–water partition coefficient (Wildman–Crippen LogP) is 1.62. The van der Waals surface area contributed by atoms with Crippen LogP contribution < -0.4 is 5.32 Å². The molecule has 0 bridgehead atoms. The number of nitrogens with one attached hydrogen (secondary N) is 1. The number of benzene rings is 1. The first-order valence-corrected chi connectivity index (χ1v) is 8.67. The lowest BCUT2D eigenvalue weighted by Gasteiger charge is -2.23. The molecule has 1 aliphatic heterocycles. The van der Waals surface area contributed by atoms with Gasteiger partial charge >= 0.3 is 0 Å². The summed E-state index contributed by atoms with van der Waals surface area (Å²) in [5, 5.41) is 2.87. The van der Waals surface area contributed by atoms with Crippen LogP contribution in [0.3, 0.4) is 0 Å². The van der Waals surface area contributed by atoms with Gasteiger partial charge in [0.1, 0.15) is 0 Å². The van der Waals surface area contributed by atoms with E-state index >= 15 is 0 Å². The Balaban J connectivity index is 1.85. The molecule has 1 N–H and O–H groups in total. The molecule has 0 spiro atoms. The third kappa shape index (κ3) is 4.07. The molecule has 20 heavy (non-hydrogen) atoms. The summed E-state index contributed by atoms with van der Waals surface area (Å²) in [5.74, 6) is 0.142. The van der Waals surface area contributed by atoms with Crippen LogP contribution in [0.2, 0.25) is 0 Å². The number of carbonyl (C=O) groups is 1.